The minimum Gasteiger partial charge on any atom is -0.727 e. The summed E-state index contributed by atoms with van der Waals surface area (Å²) in [5.41, 5.74) is 0. The van der Waals surface area contributed by atoms with Crippen LogP contribution in [0.1, 0.15) is 0 Å². The van der Waals surface area contributed by atoms with Gasteiger partial charge in [-0.05, 0) is 0 Å². The standard InChI is InChI=1S/2Fe.2H2O2.Pb/c;;2*1-2;/h;;2*1-2H;/q;;;;+2/p-2. The van der Waals surface area contributed by atoms with Crippen molar-refractivity contribution >= 4 is 27.3 Å². The topological polar surface area (TPSA) is 86.6 Å². The van der Waals surface area contributed by atoms with Gasteiger partial charge in [0.25, 0.3) is 0 Å². The molecule has 0 atom stereocenters. The minimum absolute atomic E-state index is 0. The average molecular weight is 385 g/mol. The molecule has 0 aromatic carbocycles. The third-order valence-electron chi connectivity index (χ3n) is 0. The van der Waals surface area contributed by atoms with E-state index in [0.29, 0.717) is 0 Å². The van der Waals surface area contributed by atoms with Gasteiger partial charge in [-0.3, -0.25) is 0 Å². The van der Waals surface area contributed by atoms with E-state index in [4.69, 9.17) is 21.0 Å². The van der Waals surface area contributed by atoms with Crippen molar-refractivity contribution in [2.24, 2.45) is 0 Å². The van der Waals surface area contributed by atoms with Gasteiger partial charge in [0.05, 0.1) is 0 Å². The van der Waals surface area contributed by atoms with E-state index < -0.39 is 0 Å². The zero-order valence-corrected chi connectivity index (χ0v) is 9.01. The van der Waals surface area contributed by atoms with Crippen LogP contribution in [0.4, 0.5) is 0 Å². The molecular formula is H2Fe2O4Pb. The molecule has 0 rings (SSSR count). The Morgan fingerprint density at radius 1 is 0.714 bits per heavy atom. The van der Waals surface area contributed by atoms with Gasteiger partial charge in [0.2, 0.25) is 0 Å². The molecule has 2 radical (unpaired) electrons. The summed E-state index contributed by atoms with van der Waals surface area (Å²) >= 11 is 0. The fourth-order valence-electron chi connectivity index (χ4n) is 0. The van der Waals surface area contributed by atoms with Gasteiger partial charge in [0.15, 0.2) is 0 Å². The van der Waals surface area contributed by atoms with Gasteiger partial charge >= 0.3 is 27.3 Å². The molecule has 0 aliphatic carbocycles. The summed E-state index contributed by atoms with van der Waals surface area (Å²) in [7, 11) is 0. The van der Waals surface area contributed by atoms with E-state index in [2.05, 4.69) is 0 Å². The molecule has 0 aliphatic rings. The van der Waals surface area contributed by atoms with Crippen molar-refractivity contribution in [3.63, 3.8) is 0 Å². The second-order valence-electron chi connectivity index (χ2n) is 0. The Balaban J connectivity index is -0.00000000267. The van der Waals surface area contributed by atoms with E-state index in [9.17, 15) is 0 Å². The van der Waals surface area contributed by atoms with Crippen molar-refractivity contribution in [2.45, 2.75) is 0 Å². The van der Waals surface area contributed by atoms with E-state index >= 15 is 0 Å². The SMILES string of the molecule is [Fe].[Fe].[O-]O.[O-]O.[Pb+2]. The largest absolute Gasteiger partial charge is 2.00 e. The zero-order chi connectivity index (χ0) is 4.00. The Bertz CT molecular complexity index is 9.65. The maximum Gasteiger partial charge on any atom is 2.00 e. The Kier molecular flexibility index (Phi) is 589. The molecule has 0 saturated heterocycles. The first-order valence-corrected chi connectivity index (χ1v) is 0.365. The summed E-state index contributed by atoms with van der Waals surface area (Å²) in [5, 5.41) is 26.0. The normalized spacial score (nSPS) is 1.71. The van der Waals surface area contributed by atoms with Crippen molar-refractivity contribution in [3.05, 3.63) is 0 Å². The predicted molar refractivity (Wildman–Crippen MR) is 11.0 cm³/mol. The fraction of sp³-hybridized carbons (Fsp3) is 0. The van der Waals surface area contributed by atoms with Crippen LogP contribution < -0.4 is 10.5 Å². The Hall–Kier alpha value is 1.80. The van der Waals surface area contributed by atoms with Gasteiger partial charge in [-0.25, -0.2) is 0 Å². The Morgan fingerprint density at radius 2 is 0.714 bits per heavy atom. The minimum atomic E-state index is 0. The Morgan fingerprint density at radius 3 is 0.714 bits per heavy atom. The summed E-state index contributed by atoms with van der Waals surface area (Å²) in [4.78, 5) is 0. The van der Waals surface area contributed by atoms with Crippen LogP contribution in [0.15, 0.2) is 0 Å². The number of hydrogen-bond acceptors (Lipinski definition) is 4. The molecule has 0 saturated carbocycles. The first-order chi connectivity index (χ1) is 2.00. The van der Waals surface area contributed by atoms with Gasteiger partial charge in [0, 0.05) is 34.1 Å². The Labute approximate surface area is 81.9 Å². The summed E-state index contributed by atoms with van der Waals surface area (Å²) in [6.07, 6.45) is 0. The molecule has 0 fully saturated rings. The second-order valence-corrected chi connectivity index (χ2v) is 0. The van der Waals surface area contributed by atoms with E-state index in [1.807, 2.05) is 0 Å². The van der Waals surface area contributed by atoms with Crippen LogP contribution in [0.2, 0.25) is 0 Å². The summed E-state index contributed by atoms with van der Waals surface area (Å²) in [6.45, 7) is 0. The molecular weight excluding hydrogens is 383 g/mol. The van der Waals surface area contributed by atoms with Crippen LogP contribution >= 0.6 is 0 Å². The predicted octanol–water partition coefficient (Wildman–Crippen LogP) is -2.75. The monoisotopic (exact) mass is 386 g/mol. The summed E-state index contributed by atoms with van der Waals surface area (Å²) < 4.78 is 0. The van der Waals surface area contributed by atoms with E-state index in [1.54, 1.807) is 0 Å². The molecule has 7 heavy (non-hydrogen) atoms. The van der Waals surface area contributed by atoms with Crippen molar-refractivity contribution in [3.8, 4) is 0 Å². The molecule has 0 aliphatic heterocycles. The van der Waals surface area contributed by atoms with Crippen LogP contribution in [0.25, 0.3) is 0 Å². The second kappa shape index (κ2) is 111. The van der Waals surface area contributed by atoms with Crippen molar-refractivity contribution in [1.29, 1.82) is 0 Å². The number of rotatable bonds is 0. The molecule has 0 unspecified atom stereocenters. The van der Waals surface area contributed by atoms with E-state index in [-0.39, 0.29) is 61.4 Å². The zero-order valence-electron chi connectivity index (χ0n) is 2.92. The quantitative estimate of drug-likeness (QED) is 0.269. The molecule has 0 aromatic heterocycles. The molecule has 46 valence electrons. The van der Waals surface area contributed by atoms with Gasteiger partial charge in [-0.1, -0.05) is 0 Å². The van der Waals surface area contributed by atoms with Gasteiger partial charge in [0.1, 0.15) is 0 Å². The molecule has 4 nitrogen and oxygen atoms in total. The van der Waals surface area contributed by atoms with Crippen LogP contribution in [0.5, 0.6) is 0 Å². The molecule has 0 spiro atoms. The van der Waals surface area contributed by atoms with Crippen LogP contribution in [-0.2, 0) is 34.1 Å². The van der Waals surface area contributed by atoms with Crippen molar-refractivity contribution in [2.75, 3.05) is 0 Å². The maximum atomic E-state index is 7.25. The smallest absolute Gasteiger partial charge is 0.727 e. The molecule has 0 aromatic rings. The molecule has 2 N–H and O–H groups in total. The first kappa shape index (κ1) is 37.1. The number of hydrogen-bond donors (Lipinski definition) is 2. The summed E-state index contributed by atoms with van der Waals surface area (Å²) in [5.74, 6) is 0. The van der Waals surface area contributed by atoms with Crippen LogP contribution in [0, 0.1) is 0 Å². The fourth-order valence-corrected chi connectivity index (χ4v) is 0. The van der Waals surface area contributed by atoms with Gasteiger partial charge < -0.3 is 21.0 Å². The van der Waals surface area contributed by atoms with Gasteiger partial charge in [-0.2, -0.15) is 0 Å². The van der Waals surface area contributed by atoms with E-state index in [1.165, 1.54) is 0 Å². The molecule has 0 bridgehead atoms. The molecule has 0 heterocycles. The molecule has 0 amide bonds. The first-order valence-electron chi connectivity index (χ1n) is 0.365. The van der Waals surface area contributed by atoms with Crippen molar-refractivity contribution < 1.29 is 55.2 Å². The third kappa shape index (κ3) is 80.9. The van der Waals surface area contributed by atoms with Crippen molar-refractivity contribution in [1.82, 2.24) is 0 Å². The van der Waals surface area contributed by atoms with Crippen LogP contribution in [0.3, 0.4) is 0 Å². The van der Waals surface area contributed by atoms with Crippen LogP contribution in [-0.4, -0.2) is 37.8 Å². The third-order valence-corrected chi connectivity index (χ3v) is 0. The maximum absolute atomic E-state index is 7.25. The molecule has 7 heteroatoms. The summed E-state index contributed by atoms with van der Waals surface area (Å²) in [6, 6.07) is 0. The average Bonchev–Trinajstić information content (AvgIpc) is 1.50. The van der Waals surface area contributed by atoms with E-state index in [0.717, 1.165) is 0 Å². The van der Waals surface area contributed by atoms with Gasteiger partial charge in [-0.15, -0.1) is 0 Å².